The number of hydrogen-bond donors (Lipinski definition) is 0. The molecule has 0 saturated heterocycles. The molecule has 0 nitrogen and oxygen atoms in total. The van der Waals surface area contributed by atoms with E-state index in [1.165, 1.54) is 26.1 Å². The molecule has 0 N–H and O–H groups in total. The summed E-state index contributed by atoms with van der Waals surface area (Å²) in [5, 5.41) is 2.74. The van der Waals surface area contributed by atoms with Gasteiger partial charge in [-0.1, -0.05) is 75.0 Å². The number of fused-ring (bicyclic) bond motifs is 3. The average molecular weight is 254 g/mol. The van der Waals surface area contributed by atoms with Crippen molar-refractivity contribution in [3.63, 3.8) is 0 Å². The molecule has 1 heterocycles. The van der Waals surface area contributed by atoms with Crippen LogP contribution >= 0.6 is 11.8 Å². The van der Waals surface area contributed by atoms with Gasteiger partial charge in [-0.2, -0.15) is 0 Å². The van der Waals surface area contributed by atoms with Crippen LogP contribution in [0.25, 0.3) is 10.8 Å². The Morgan fingerprint density at radius 3 is 2.56 bits per heavy atom. The zero-order valence-electron chi connectivity index (χ0n) is 11.2. The molecule has 3 rings (SSSR count). The van der Waals surface area contributed by atoms with E-state index in [1.54, 1.807) is 0 Å². The molecule has 0 atom stereocenters. The molecular formula is C17H18S. The number of allylic oxidation sites excluding steroid dienone is 2. The van der Waals surface area contributed by atoms with E-state index in [0.717, 1.165) is 6.42 Å². The van der Waals surface area contributed by atoms with Crippen LogP contribution in [0, 0.1) is 5.41 Å². The average Bonchev–Trinajstić information content (AvgIpc) is 2.37. The summed E-state index contributed by atoms with van der Waals surface area (Å²) >= 11 is 1.95. The van der Waals surface area contributed by atoms with E-state index in [0.29, 0.717) is 0 Å². The predicted molar refractivity (Wildman–Crippen MR) is 81.0 cm³/mol. The third-order valence-electron chi connectivity index (χ3n) is 3.42. The molecule has 0 spiro atoms. The standard InChI is InChI=1S/C17H18S/c1-17(2,3)15-11-10-13-9-8-12-6-4-5-7-14(12)16(13)18-15/h4-9,11H,10H2,1-3H3. The molecule has 0 bridgehead atoms. The largest absolute Gasteiger partial charge is 0.0934 e. The topological polar surface area (TPSA) is 0 Å². The Balaban J connectivity index is 2.15. The lowest BCUT2D eigenvalue weighted by atomic mass is 9.94. The zero-order valence-corrected chi connectivity index (χ0v) is 12.0. The molecule has 2 aromatic carbocycles. The Morgan fingerprint density at radius 2 is 1.78 bits per heavy atom. The van der Waals surface area contributed by atoms with Gasteiger partial charge in [-0.25, -0.2) is 0 Å². The molecule has 0 saturated carbocycles. The summed E-state index contributed by atoms with van der Waals surface area (Å²) in [6.45, 7) is 6.88. The molecule has 18 heavy (non-hydrogen) atoms. The Bertz CT molecular complexity index is 630. The maximum absolute atomic E-state index is 2.39. The molecule has 1 aliphatic rings. The first-order valence-electron chi connectivity index (χ1n) is 6.45. The van der Waals surface area contributed by atoms with E-state index in [2.05, 4.69) is 63.2 Å². The first kappa shape index (κ1) is 11.9. The van der Waals surface area contributed by atoms with E-state index < -0.39 is 0 Å². The van der Waals surface area contributed by atoms with Gasteiger partial charge in [-0.3, -0.25) is 0 Å². The van der Waals surface area contributed by atoms with Crippen LogP contribution < -0.4 is 0 Å². The Labute approximate surface area is 113 Å². The van der Waals surface area contributed by atoms with E-state index in [4.69, 9.17) is 0 Å². The molecule has 0 radical (unpaired) electrons. The highest BCUT2D eigenvalue weighted by molar-refractivity contribution is 8.03. The van der Waals surface area contributed by atoms with Crippen LogP contribution in [-0.2, 0) is 6.42 Å². The summed E-state index contributed by atoms with van der Waals surface area (Å²) in [5.74, 6) is 0. The smallest absolute Gasteiger partial charge is 0.0232 e. The lowest BCUT2D eigenvalue weighted by molar-refractivity contribution is 0.530. The second kappa shape index (κ2) is 4.17. The van der Waals surface area contributed by atoms with Gasteiger partial charge in [0.1, 0.15) is 0 Å². The van der Waals surface area contributed by atoms with Crippen LogP contribution in [0.5, 0.6) is 0 Å². The van der Waals surface area contributed by atoms with Crippen LogP contribution in [0.4, 0.5) is 0 Å². The fraction of sp³-hybridized carbons (Fsp3) is 0.294. The van der Waals surface area contributed by atoms with E-state index >= 15 is 0 Å². The summed E-state index contributed by atoms with van der Waals surface area (Å²) in [6, 6.07) is 13.2. The number of thioether (sulfide) groups is 1. The second-order valence-corrected chi connectivity index (χ2v) is 6.95. The molecule has 0 unspecified atom stereocenters. The van der Waals surface area contributed by atoms with Crippen molar-refractivity contribution in [3.05, 3.63) is 52.9 Å². The van der Waals surface area contributed by atoms with Gasteiger partial charge in [0.2, 0.25) is 0 Å². The van der Waals surface area contributed by atoms with Gasteiger partial charge < -0.3 is 0 Å². The van der Waals surface area contributed by atoms with Crippen molar-refractivity contribution < 1.29 is 0 Å². The van der Waals surface area contributed by atoms with Gasteiger partial charge in [0, 0.05) is 4.90 Å². The van der Waals surface area contributed by atoms with Crippen molar-refractivity contribution in [2.45, 2.75) is 32.1 Å². The van der Waals surface area contributed by atoms with Gasteiger partial charge in [0.15, 0.2) is 0 Å². The third-order valence-corrected chi connectivity index (χ3v) is 5.10. The van der Waals surface area contributed by atoms with Crippen molar-refractivity contribution >= 4 is 22.5 Å². The highest BCUT2D eigenvalue weighted by atomic mass is 32.2. The maximum atomic E-state index is 2.39. The molecule has 0 amide bonds. The van der Waals surface area contributed by atoms with Crippen LogP contribution in [0.15, 0.2) is 52.3 Å². The maximum Gasteiger partial charge on any atom is 0.0232 e. The van der Waals surface area contributed by atoms with Crippen molar-refractivity contribution in [2.24, 2.45) is 5.41 Å². The second-order valence-electron chi connectivity index (χ2n) is 5.90. The van der Waals surface area contributed by atoms with Gasteiger partial charge in [-0.15, -0.1) is 0 Å². The summed E-state index contributed by atoms with van der Waals surface area (Å²) < 4.78 is 0. The minimum atomic E-state index is 0.249. The van der Waals surface area contributed by atoms with Crippen molar-refractivity contribution in [1.29, 1.82) is 0 Å². The van der Waals surface area contributed by atoms with E-state index in [9.17, 15) is 0 Å². The van der Waals surface area contributed by atoms with Gasteiger partial charge in [0.25, 0.3) is 0 Å². The SMILES string of the molecule is CC(C)(C)C1=CCc2ccc3ccccc3c2S1. The molecule has 1 aliphatic heterocycles. The number of benzene rings is 2. The normalized spacial score (nSPS) is 15.4. The number of hydrogen-bond acceptors (Lipinski definition) is 1. The van der Waals surface area contributed by atoms with Crippen LogP contribution in [-0.4, -0.2) is 0 Å². The summed E-state index contributed by atoms with van der Waals surface area (Å²) in [4.78, 5) is 2.95. The van der Waals surface area contributed by atoms with E-state index in [1.807, 2.05) is 11.8 Å². The summed E-state index contributed by atoms with van der Waals surface area (Å²) in [7, 11) is 0. The molecular weight excluding hydrogens is 236 g/mol. The van der Waals surface area contributed by atoms with Crippen molar-refractivity contribution in [3.8, 4) is 0 Å². The fourth-order valence-corrected chi connectivity index (χ4v) is 3.65. The fourth-order valence-electron chi connectivity index (χ4n) is 2.38. The molecule has 0 aromatic heterocycles. The minimum Gasteiger partial charge on any atom is -0.0934 e. The van der Waals surface area contributed by atoms with Gasteiger partial charge >= 0.3 is 0 Å². The van der Waals surface area contributed by atoms with Crippen LogP contribution in [0.2, 0.25) is 0 Å². The van der Waals surface area contributed by atoms with Crippen LogP contribution in [0.3, 0.4) is 0 Å². The molecule has 1 heteroatoms. The number of rotatable bonds is 0. The monoisotopic (exact) mass is 254 g/mol. The Hall–Kier alpha value is -1.21. The Morgan fingerprint density at radius 1 is 1.00 bits per heavy atom. The first-order chi connectivity index (χ1) is 8.55. The zero-order chi connectivity index (χ0) is 12.8. The molecule has 92 valence electrons. The summed E-state index contributed by atoms with van der Waals surface area (Å²) in [6.07, 6.45) is 3.46. The Kier molecular flexibility index (Phi) is 2.74. The van der Waals surface area contributed by atoms with Crippen molar-refractivity contribution in [2.75, 3.05) is 0 Å². The van der Waals surface area contributed by atoms with Gasteiger partial charge in [-0.05, 0) is 33.1 Å². The summed E-state index contributed by atoms with van der Waals surface area (Å²) in [5.41, 5.74) is 1.71. The van der Waals surface area contributed by atoms with Gasteiger partial charge in [0.05, 0.1) is 0 Å². The highest BCUT2D eigenvalue weighted by Crippen LogP contribution is 2.46. The lowest BCUT2D eigenvalue weighted by Gasteiger charge is -2.27. The molecule has 2 aromatic rings. The first-order valence-corrected chi connectivity index (χ1v) is 7.26. The predicted octanol–water partition coefficient (Wildman–Crippen LogP) is 5.42. The van der Waals surface area contributed by atoms with E-state index in [-0.39, 0.29) is 5.41 Å². The lowest BCUT2D eigenvalue weighted by Crippen LogP contribution is -2.10. The minimum absolute atomic E-state index is 0.249. The molecule has 0 aliphatic carbocycles. The highest BCUT2D eigenvalue weighted by Gasteiger charge is 2.23. The van der Waals surface area contributed by atoms with Crippen LogP contribution in [0.1, 0.15) is 26.3 Å². The van der Waals surface area contributed by atoms with Crippen molar-refractivity contribution in [1.82, 2.24) is 0 Å². The molecule has 0 fully saturated rings. The quantitative estimate of drug-likeness (QED) is 0.605. The third kappa shape index (κ3) is 1.97.